The molecule has 1 aromatic carbocycles. The Balaban J connectivity index is 2.14. The first-order chi connectivity index (χ1) is 12.1. The summed E-state index contributed by atoms with van der Waals surface area (Å²) in [6, 6.07) is 7.03. The van der Waals surface area contributed by atoms with Gasteiger partial charge in [0.25, 0.3) is 11.1 Å². The molecule has 0 bridgehead atoms. The van der Waals surface area contributed by atoms with Crippen molar-refractivity contribution in [1.82, 2.24) is 4.90 Å². The molecule has 134 valence electrons. The highest BCUT2D eigenvalue weighted by Gasteiger charge is 2.34. The van der Waals surface area contributed by atoms with Crippen LogP contribution in [0.3, 0.4) is 0 Å². The van der Waals surface area contributed by atoms with Gasteiger partial charge in [-0.15, -0.1) is 0 Å². The van der Waals surface area contributed by atoms with Gasteiger partial charge in [0.15, 0.2) is 6.61 Å². The van der Waals surface area contributed by atoms with Gasteiger partial charge in [0.05, 0.1) is 11.5 Å². The number of benzene rings is 1. The number of rotatable bonds is 8. The number of nitrogens with zero attached hydrogens (tertiary/aromatic N) is 1. The number of thioether (sulfide) groups is 1. The van der Waals surface area contributed by atoms with Gasteiger partial charge in [-0.1, -0.05) is 31.5 Å². The van der Waals surface area contributed by atoms with Gasteiger partial charge in [-0.05, 0) is 37.2 Å². The Bertz CT molecular complexity index is 686. The number of esters is 1. The van der Waals surface area contributed by atoms with Crippen LogP contribution in [0.25, 0.3) is 6.08 Å². The predicted octanol–water partition coefficient (Wildman–Crippen LogP) is 3.46. The van der Waals surface area contributed by atoms with Crippen molar-refractivity contribution in [2.75, 3.05) is 19.8 Å². The van der Waals surface area contributed by atoms with Gasteiger partial charge in [-0.25, -0.2) is 4.79 Å². The fourth-order valence-corrected chi connectivity index (χ4v) is 3.08. The zero-order chi connectivity index (χ0) is 18.2. The molecule has 1 aliphatic heterocycles. The highest BCUT2D eigenvalue weighted by molar-refractivity contribution is 8.18. The maximum Gasteiger partial charge on any atom is 0.344 e. The van der Waals surface area contributed by atoms with Crippen molar-refractivity contribution in [2.45, 2.75) is 26.7 Å². The molecule has 1 fully saturated rings. The number of carbonyl (C=O) groups excluding carboxylic acids is 3. The molecule has 1 heterocycles. The number of carbonyl (C=O) groups is 3. The standard InChI is InChI=1S/C18H21NO5S/c1-3-5-10-19-17(21)15(25-18(19)22)11-13-8-6-7-9-14(13)24-12-16(20)23-4-2/h6-9,11H,3-5,10,12H2,1-2H3. The molecular weight excluding hydrogens is 342 g/mol. The quantitative estimate of drug-likeness (QED) is 0.520. The normalized spacial score (nSPS) is 15.8. The number of para-hydroxylation sites is 1. The molecule has 0 aliphatic carbocycles. The lowest BCUT2D eigenvalue weighted by atomic mass is 10.2. The molecule has 0 atom stereocenters. The molecule has 7 heteroatoms. The van der Waals surface area contributed by atoms with E-state index in [1.54, 1.807) is 37.3 Å². The lowest BCUT2D eigenvalue weighted by Gasteiger charge is -2.11. The van der Waals surface area contributed by atoms with Gasteiger partial charge < -0.3 is 9.47 Å². The molecule has 2 rings (SSSR count). The minimum atomic E-state index is -0.461. The lowest BCUT2D eigenvalue weighted by Crippen LogP contribution is -2.29. The van der Waals surface area contributed by atoms with Gasteiger partial charge in [-0.2, -0.15) is 0 Å². The molecular formula is C18H21NO5S. The summed E-state index contributed by atoms with van der Waals surface area (Å²) in [6.07, 6.45) is 3.31. The molecule has 0 radical (unpaired) electrons. The highest BCUT2D eigenvalue weighted by Crippen LogP contribution is 2.34. The van der Waals surface area contributed by atoms with Crippen LogP contribution in [-0.4, -0.2) is 41.8 Å². The molecule has 0 aromatic heterocycles. The van der Waals surface area contributed by atoms with Crippen molar-refractivity contribution in [3.05, 3.63) is 34.7 Å². The molecule has 1 aromatic rings. The van der Waals surface area contributed by atoms with Gasteiger partial charge >= 0.3 is 5.97 Å². The molecule has 1 saturated heterocycles. The Kier molecular flexibility index (Phi) is 7.06. The molecule has 0 N–H and O–H groups in total. The summed E-state index contributed by atoms with van der Waals surface area (Å²) in [5.74, 6) is -0.295. The number of ether oxygens (including phenoxy) is 2. The second kappa shape index (κ2) is 9.27. The van der Waals surface area contributed by atoms with Crippen LogP contribution >= 0.6 is 11.8 Å². The molecule has 25 heavy (non-hydrogen) atoms. The average Bonchev–Trinajstić information content (AvgIpc) is 2.86. The van der Waals surface area contributed by atoms with Crippen molar-refractivity contribution < 1.29 is 23.9 Å². The minimum absolute atomic E-state index is 0.212. The molecule has 0 spiro atoms. The summed E-state index contributed by atoms with van der Waals surface area (Å²) in [5.41, 5.74) is 0.632. The van der Waals surface area contributed by atoms with E-state index in [1.165, 1.54) is 4.90 Å². The highest BCUT2D eigenvalue weighted by atomic mass is 32.2. The Morgan fingerprint density at radius 1 is 1.24 bits per heavy atom. The number of amides is 2. The summed E-state index contributed by atoms with van der Waals surface area (Å²) in [6.45, 7) is 4.23. The Morgan fingerprint density at radius 2 is 2.00 bits per heavy atom. The van der Waals surface area contributed by atoms with Crippen LogP contribution in [0.1, 0.15) is 32.3 Å². The van der Waals surface area contributed by atoms with Crippen molar-refractivity contribution in [3.8, 4) is 5.75 Å². The molecule has 0 unspecified atom stereocenters. The molecule has 6 nitrogen and oxygen atoms in total. The van der Waals surface area contributed by atoms with E-state index in [0.717, 1.165) is 24.6 Å². The molecule has 1 aliphatic rings. The van der Waals surface area contributed by atoms with E-state index in [-0.39, 0.29) is 24.4 Å². The summed E-state index contributed by atoms with van der Waals surface area (Å²) in [4.78, 5) is 37.4. The van der Waals surface area contributed by atoms with Crippen LogP contribution in [0, 0.1) is 0 Å². The van der Waals surface area contributed by atoms with E-state index in [2.05, 4.69) is 0 Å². The van der Waals surface area contributed by atoms with E-state index >= 15 is 0 Å². The fourth-order valence-electron chi connectivity index (χ4n) is 2.22. The Hall–Kier alpha value is -2.28. The van der Waals surface area contributed by atoms with Crippen LogP contribution in [0.4, 0.5) is 4.79 Å². The first kappa shape index (κ1) is 19.1. The summed E-state index contributed by atoms with van der Waals surface area (Å²) in [7, 11) is 0. The third-order valence-electron chi connectivity index (χ3n) is 3.47. The van der Waals surface area contributed by atoms with E-state index in [1.807, 2.05) is 6.92 Å². The first-order valence-electron chi connectivity index (χ1n) is 8.19. The SMILES string of the molecule is CCCCN1C(=O)SC(=Cc2ccccc2OCC(=O)OCC)C1=O. The first-order valence-corrected chi connectivity index (χ1v) is 9.01. The van der Waals surface area contributed by atoms with Crippen LogP contribution in [0.5, 0.6) is 5.75 Å². The van der Waals surface area contributed by atoms with Crippen LogP contribution in [0.15, 0.2) is 29.2 Å². The third-order valence-corrected chi connectivity index (χ3v) is 4.37. The van der Waals surface area contributed by atoms with Crippen molar-refractivity contribution in [1.29, 1.82) is 0 Å². The predicted molar refractivity (Wildman–Crippen MR) is 96.2 cm³/mol. The number of hydrogen-bond donors (Lipinski definition) is 0. The van der Waals surface area contributed by atoms with E-state index in [9.17, 15) is 14.4 Å². The fraction of sp³-hybridized carbons (Fsp3) is 0.389. The number of imide groups is 1. The van der Waals surface area contributed by atoms with Gasteiger partial charge in [0, 0.05) is 12.1 Å². The van der Waals surface area contributed by atoms with E-state index < -0.39 is 5.97 Å². The smallest absolute Gasteiger partial charge is 0.344 e. The number of unbranched alkanes of at least 4 members (excludes halogenated alkanes) is 1. The van der Waals surface area contributed by atoms with E-state index in [0.29, 0.717) is 22.8 Å². The Morgan fingerprint density at radius 3 is 2.72 bits per heavy atom. The zero-order valence-corrected chi connectivity index (χ0v) is 15.1. The topological polar surface area (TPSA) is 72.9 Å². The van der Waals surface area contributed by atoms with Crippen molar-refractivity contribution in [2.24, 2.45) is 0 Å². The Labute approximate surface area is 151 Å². The van der Waals surface area contributed by atoms with Crippen molar-refractivity contribution in [3.63, 3.8) is 0 Å². The average molecular weight is 363 g/mol. The van der Waals surface area contributed by atoms with Gasteiger partial charge in [0.2, 0.25) is 0 Å². The van der Waals surface area contributed by atoms with Crippen LogP contribution in [-0.2, 0) is 14.3 Å². The second-order valence-corrected chi connectivity index (χ2v) is 6.31. The summed E-state index contributed by atoms with van der Waals surface area (Å²) >= 11 is 0.920. The monoisotopic (exact) mass is 363 g/mol. The third kappa shape index (κ3) is 5.09. The lowest BCUT2D eigenvalue weighted by molar-refractivity contribution is -0.145. The zero-order valence-electron chi connectivity index (χ0n) is 14.3. The maximum absolute atomic E-state index is 12.4. The van der Waals surface area contributed by atoms with Crippen molar-refractivity contribution >= 4 is 35.0 Å². The second-order valence-electron chi connectivity index (χ2n) is 5.32. The van der Waals surface area contributed by atoms with Crippen LogP contribution < -0.4 is 4.74 Å². The van der Waals surface area contributed by atoms with Gasteiger partial charge in [-0.3, -0.25) is 14.5 Å². The maximum atomic E-state index is 12.4. The minimum Gasteiger partial charge on any atom is -0.481 e. The number of hydrogen-bond acceptors (Lipinski definition) is 6. The molecule has 2 amide bonds. The van der Waals surface area contributed by atoms with Gasteiger partial charge in [0.1, 0.15) is 5.75 Å². The largest absolute Gasteiger partial charge is 0.481 e. The van der Waals surface area contributed by atoms with E-state index in [4.69, 9.17) is 9.47 Å². The summed E-state index contributed by atoms with van der Waals surface area (Å²) in [5, 5.41) is -0.255. The van der Waals surface area contributed by atoms with Crippen LogP contribution in [0.2, 0.25) is 0 Å². The molecule has 0 saturated carbocycles. The summed E-state index contributed by atoms with van der Waals surface area (Å²) < 4.78 is 10.3.